The number of rotatable bonds is 4. The van der Waals surface area contributed by atoms with Crippen LogP contribution < -0.4 is 15.5 Å². The molecule has 0 saturated heterocycles. The molecule has 166 valence electrons. The number of benzene rings is 3. The molecular formula is C26H24ClN5O. The zero-order chi connectivity index (χ0) is 23.1. The van der Waals surface area contributed by atoms with Gasteiger partial charge in [-0.1, -0.05) is 41.9 Å². The number of carbonyl (C=O) groups is 1. The molecule has 0 aliphatic carbocycles. The summed E-state index contributed by atoms with van der Waals surface area (Å²) in [7, 11) is 4.02. The maximum atomic E-state index is 13.6. The van der Waals surface area contributed by atoms with Gasteiger partial charge in [-0.05, 0) is 55.0 Å². The van der Waals surface area contributed by atoms with Crippen LogP contribution in [0, 0.1) is 0 Å². The standard InChI is InChI=1S/C26H24ClN5O/c1-16-23(25(33)29-19-8-6-7-18(27)15-19)24(17-11-13-20(14-12-17)31(2)3)32-22-10-5-4-9-21(22)30-26(32)28-16/h4-15,24H,1-3H3,(H,28,30)(H,29,33)/t24-/m1/s1. The second kappa shape index (κ2) is 8.30. The number of imidazole rings is 1. The highest BCUT2D eigenvalue weighted by Gasteiger charge is 2.34. The Morgan fingerprint density at radius 3 is 2.55 bits per heavy atom. The molecule has 0 unspecified atom stereocenters. The Labute approximate surface area is 197 Å². The molecule has 1 atom stereocenters. The Kier molecular flexibility index (Phi) is 5.30. The summed E-state index contributed by atoms with van der Waals surface area (Å²) in [6.07, 6.45) is 0. The first kappa shape index (κ1) is 21.1. The lowest BCUT2D eigenvalue weighted by atomic mass is 9.94. The predicted octanol–water partition coefficient (Wildman–Crippen LogP) is 5.68. The summed E-state index contributed by atoms with van der Waals surface area (Å²) in [5.41, 5.74) is 5.97. The molecule has 1 aliphatic heterocycles. The van der Waals surface area contributed by atoms with Crippen molar-refractivity contribution in [2.75, 3.05) is 29.6 Å². The van der Waals surface area contributed by atoms with Crippen LogP contribution in [0.5, 0.6) is 0 Å². The average Bonchev–Trinajstić information content (AvgIpc) is 3.16. The summed E-state index contributed by atoms with van der Waals surface area (Å²) < 4.78 is 2.10. The molecule has 6 nitrogen and oxygen atoms in total. The lowest BCUT2D eigenvalue weighted by Gasteiger charge is -2.31. The molecule has 0 spiro atoms. The second-order valence-corrected chi connectivity index (χ2v) is 8.75. The van der Waals surface area contributed by atoms with Gasteiger partial charge < -0.3 is 15.5 Å². The van der Waals surface area contributed by atoms with Crippen LogP contribution in [0.1, 0.15) is 18.5 Å². The number of amides is 1. The number of nitrogens with zero attached hydrogens (tertiary/aromatic N) is 3. The Morgan fingerprint density at radius 2 is 1.82 bits per heavy atom. The zero-order valence-electron chi connectivity index (χ0n) is 18.6. The number of fused-ring (bicyclic) bond motifs is 3. The van der Waals surface area contributed by atoms with Crippen molar-refractivity contribution in [2.24, 2.45) is 0 Å². The number of allylic oxidation sites excluding steroid dienone is 1. The first-order valence-electron chi connectivity index (χ1n) is 10.7. The number of hydrogen-bond donors (Lipinski definition) is 2. The van der Waals surface area contributed by atoms with E-state index < -0.39 is 0 Å². The lowest BCUT2D eigenvalue weighted by molar-refractivity contribution is -0.113. The van der Waals surface area contributed by atoms with Crippen LogP contribution in [-0.4, -0.2) is 29.6 Å². The smallest absolute Gasteiger partial charge is 0.255 e. The second-order valence-electron chi connectivity index (χ2n) is 8.31. The third kappa shape index (κ3) is 3.83. The zero-order valence-corrected chi connectivity index (χ0v) is 19.4. The molecule has 4 aromatic rings. The van der Waals surface area contributed by atoms with Crippen molar-refractivity contribution < 1.29 is 4.79 Å². The van der Waals surface area contributed by atoms with E-state index in [0.717, 1.165) is 33.9 Å². The van der Waals surface area contributed by atoms with E-state index in [2.05, 4.69) is 44.4 Å². The fourth-order valence-corrected chi connectivity index (χ4v) is 4.48. The van der Waals surface area contributed by atoms with Crippen molar-refractivity contribution in [3.8, 4) is 0 Å². The highest BCUT2D eigenvalue weighted by Crippen LogP contribution is 2.40. The number of halogens is 1. The van der Waals surface area contributed by atoms with E-state index in [9.17, 15) is 4.79 Å². The molecule has 0 saturated carbocycles. The summed E-state index contributed by atoms with van der Waals surface area (Å²) in [6.45, 7) is 1.91. The van der Waals surface area contributed by atoms with E-state index in [0.29, 0.717) is 16.3 Å². The number of carbonyl (C=O) groups excluding carboxylic acids is 1. The molecule has 7 heteroatoms. The number of nitrogens with one attached hydrogen (secondary N) is 2. The van der Waals surface area contributed by atoms with Gasteiger partial charge in [0.25, 0.3) is 5.91 Å². The monoisotopic (exact) mass is 457 g/mol. The maximum absolute atomic E-state index is 13.6. The Morgan fingerprint density at radius 1 is 1.06 bits per heavy atom. The van der Waals surface area contributed by atoms with Crippen LogP contribution in [-0.2, 0) is 4.79 Å². The first-order valence-corrected chi connectivity index (χ1v) is 11.1. The summed E-state index contributed by atoms with van der Waals surface area (Å²) in [5.74, 6) is 0.530. The normalized spacial score (nSPS) is 15.2. The van der Waals surface area contributed by atoms with Crippen molar-refractivity contribution in [1.29, 1.82) is 0 Å². The van der Waals surface area contributed by atoms with Crippen molar-refractivity contribution in [3.05, 3.63) is 94.7 Å². The van der Waals surface area contributed by atoms with E-state index in [4.69, 9.17) is 16.6 Å². The molecule has 0 bridgehead atoms. The molecule has 2 N–H and O–H groups in total. The molecule has 3 aromatic carbocycles. The summed E-state index contributed by atoms with van der Waals surface area (Å²) >= 11 is 6.13. The van der Waals surface area contributed by atoms with Crippen LogP contribution >= 0.6 is 11.6 Å². The molecule has 1 amide bonds. The van der Waals surface area contributed by atoms with Crippen LogP contribution in [0.25, 0.3) is 11.0 Å². The van der Waals surface area contributed by atoms with Crippen molar-refractivity contribution in [1.82, 2.24) is 9.55 Å². The topological polar surface area (TPSA) is 62.2 Å². The van der Waals surface area contributed by atoms with Gasteiger partial charge >= 0.3 is 0 Å². The van der Waals surface area contributed by atoms with E-state index in [1.807, 2.05) is 57.4 Å². The fraction of sp³-hybridized carbons (Fsp3) is 0.154. The van der Waals surface area contributed by atoms with E-state index >= 15 is 0 Å². The van der Waals surface area contributed by atoms with Gasteiger partial charge in [0, 0.05) is 36.2 Å². The molecular weight excluding hydrogens is 434 g/mol. The average molecular weight is 458 g/mol. The summed E-state index contributed by atoms with van der Waals surface area (Å²) in [6, 6.07) is 23.1. The van der Waals surface area contributed by atoms with Gasteiger partial charge in [0.2, 0.25) is 5.95 Å². The third-order valence-corrected chi connectivity index (χ3v) is 6.12. The predicted molar refractivity (Wildman–Crippen MR) is 135 cm³/mol. The van der Waals surface area contributed by atoms with Gasteiger partial charge in [0.15, 0.2) is 0 Å². The van der Waals surface area contributed by atoms with E-state index in [1.54, 1.807) is 12.1 Å². The number of hydrogen-bond acceptors (Lipinski definition) is 4. The number of aromatic nitrogens is 2. The molecule has 5 rings (SSSR count). The van der Waals surface area contributed by atoms with Crippen LogP contribution in [0.15, 0.2) is 84.1 Å². The van der Waals surface area contributed by atoms with E-state index in [-0.39, 0.29) is 11.9 Å². The molecule has 33 heavy (non-hydrogen) atoms. The van der Waals surface area contributed by atoms with Gasteiger partial charge in [-0.15, -0.1) is 0 Å². The molecule has 2 heterocycles. The molecule has 0 radical (unpaired) electrons. The number of para-hydroxylation sites is 2. The lowest BCUT2D eigenvalue weighted by Crippen LogP contribution is -2.31. The minimum atomic E-state index is -0.343. The highest BCUT2D eigenvalue weighted by molar-refractivity contribution is 6.31. The van der Waals surface area contributed by atoms with Gasteiger partial charge in [-0.2, -0.15) is 0 Å². The molecule has 1 aromatic heterocycles. The quantitative estimate of drug-likeness (QED) is 0.413. The van der Waals surface area contributed by atoms with Crippen LogP contribution in [0.2, 0.25) is 5.02 Å². The van der Waals surface area contributed by atoms with Gasteiger partial charge in [0.05, 0.1) is 22.6 Å². The van der Waals surface area contributed by atoms with Crippen LogP contribution in [0.3, 0.4) is 0 Å². The van der Waals surface area contributed by atoms with Crippen molar-refractivity contribution in [2.45, 2.75) is 13.0 Å². The summed E-state index contributed by atoms with van der Waals surface area (Å²) in [5, 5.41) is 6.93. The molecule has 0 fully saturated rings. The fourth-order valence-electron chi connectivity index (χ4n) is 4.29. The Balaban J connectivity index is 1.65. The Hall–Kier alpha value is -3.77. The van der Waals surface area contributed by atoms with E-state index in [1.165, 1.54) is 0 Å². The van der Waals surface area contributed by atoms with Crippen molar-refractivity contribution in [3.63, 3.8) is 0 Å². The van der Waals surface area contributed by atoms with Gasteiger partial charge in [-0.25, -0.2) is 4.98 Å². The first-order chi connectivity index (χ1) is 15.9. The molecule has 1 aliphatic rings. The maximum Gasteiger partial charge on any atom is 0.255 e. The third-order valence-electron chi connectivity index (χ3n) is 5.88. The van der Waals surface area contributed by atoms with Gasteiger partial charge in [0.1, 0.15) is 0 Å². The van der Waals surface area contributed by atoms with Crippen LogP contribution in [0.4, 0.5) is 17.3 Å². The van der Waals surface area contributed by atoms with Crippen molar-refractivity contribution >= 4 is 45.9 Å². The highest BCUT2D eigenvalue weighted by atomic mass is 35.5. The van der Waals surface area contributed by atoms with Gasteiger partial charge in [-0.3, -0.25) is 9.36 Å². The number of anilines is 3. The Bertz CT molecular complexity index is 1390. The minimum Gasteiger partial charge on any atom is -0.378 e. The summed E-state index contributed by atoms with van der Waals surface area (Å²) in [4.78, 5) is 20.5. The SMILES string of the molecule is CC1=C(C(=O)Nc2cccc(Cl)c2)[C@@H](c2ccc(N(C)C)cc2)n2c(nc3ccccc32)N1. The largest absolute Gasteiger partial charge is 0.378 e. The minimum absolute atomic E-state index is 0.188.